The second-order valence-corrected chi connectivity index (χ2v) is 4.23. The van der Waals surface area contributed by atoms with Crippen LogP contribution in [0.5, 0.6) is 0 Å². The fourth-order valence-electron chi connectivity index (χ4n) is 2.11. The van der Waals surface area contributed by atoms with E-state index in [1.807, 2.05) is 48.9 Å². The van der Waals surface area contributed by atoms with Crippen molar-refractivity contribution in [2.24, 2.45) is 0 Å². The standard InChI is InChI=1S/C15H17NO2/c1-4-16-9-8-13(14(16)15(17)18-3)12-7-5-6-11(2)10-12/h5-10H,4H2,1-3H3. The van der Waals surface area contributed by atoms with Crippen molar-refractivity contribution in [3.8, 4) is 11.1 Å². The van der Waals surface area contributed by atoms with Crippen molar-refractivity contribution in [1.82, 2.24) is 4.57 Å². The quantitative estimate of drug-likeness (QED) is 0.775. The highest BCUT2D eigenvalue weighted by atomic mass is 16.5. The lowest BCUT2D eigenvalue weighted by molar-refractivity contribution is 0.0589. The zero-order valence-electron chi connectivity index (χ0n) is 10.9. The van der Waals surface area contributed by atoms with Crippen LogP contribution in [-0.2, 0) is 11.3 Å². The van der Waals surface area contributed by atoms with Crippen LogP contribution >= 0.6 is 0 Å². The molecule has 3 nitrogen and oxygen atoms in total. The van der Waals surface area contributed by atoms with Crippen LogP contribution in [0.1, 0.15) is 23.0 Å². The summed E-state index contributed by atoms with van der Waals surface area (Å²) in [6, 6.07) is 10.1. The highest BCUT2D eigenvalue weighted by Crippen LogP contribution is 2.26. The van der Waals surface area contributed by atoms with Gasteiger partial charge in [-0.05, 0) is 25.5 Å². The molecule has 0 spiro atoms. The number of ether oxygens (including phenoxy) is 1. The molecule has 0 N–H and O–H groups in total. The molecule has 0 aliphatic rings. The predicted octanol–water partition coefficient (Wildman–Crippen LogP) is 3.27. The summed E-state index contributed by atoms with van der Waals surface area (Å²) < 4.78 is 6.78. The minimum atomic E-state index is -0.293. The smallest absolute Gasteiger partial charge is 0.355 e. The van der Waals surface area contributed by atoms with Crippen LogP contribution in [0, 0.1) is 6.92 Å². The Morgan fingerprint density at radius 3 is 2.72 bits per heavy atom. The van der Waals surface area contributed by atoms with E-state index in [0.29, 0.717) is 5.69 Å². The van der Waals surface area contributed by atoms with Crippen LogP contribution in [0.15, 0.2) is 36.5 Å². The van der Waals surface area contributed by atoms with Crippen molar-refractivity contribution in [2.45, 2.75) is 20.4 Å². The van der Waals surface area contributed by atoms with Crippen molar-refractivity contribution in [1.29, 1.82) is 0 Å². The number of nitrogens with zero attached hydrogens (tertiary/aromatic N) is 1. The first-order valence-electron chi connectivity index (χ1n) is 6.02. The van der Waals surface area contributed by atoms with Gasteiger partial charge >= 0.3 is 5.97 Å². The molecule has 0 bridgehead atoms. The molecule has 0 fully saturated rings. The first-order valence-corrected chi connectivity index (χ1v) is 6.02. The third-order valence-electron chi connectivity index (χ3n) is 3.01. The number of hydrogen-bond donors (Lipinski definition) is 0. The molecular weight excluding hydrogens is 226 g/mol. The zero-order chi connectivity index (χ0) is 13.1. The molecule has 0 saturated carbocycles. The van der Waals surface area contributed by atoms with Gasteiger partial charge in [-0.1, -0.05) is 29.8 Å². The molecule has 18 heavy (non-hydrogen) atoms. The van der Waals surface area contributed by atoms with Crippen molar-refractivity contribution < 1.29 is 9.53 Å². The number of carbonyl (C=O) groups is 1. The third-order valence-corrected chi connectivity index (χ3v) is 3.01. The lowest BCUT2D eigenvalue weighted by atomic mass is 10.0. The van der Waals surface area contributed by atoms with E-state index in [-0.39, 0.29) is 5.97 Å². The monoisotopic (exact) mass is 243 g/mol. The molecule has 0 aliphatic carbocycles. The molecule has 2 rings (SSSR count). The van der Waals surface area contributed by atoms with Crippen molar-refractivity contribution >= 4 is 5.97 Å². The van der Waals surface area contributed by atoms with Gasteiger partial charge < -0.3 is 9.30 Å². The first-order chi connectivity index (χ1) is 8.67. The van der Waals surface area contributed by atoms with E-state index in [1.165, 1.54) is 12.7 Å². The molecule has 0 aliphatic heterocycles. The van der Waals surface area contributed by atoms with Gasteiger partial charge in [0.2, 0.25) is 0 Å². The summed E-state index contributed by atoms with van der Waals surface area (Å²) in [6.45, 7) is 4.79. The van der Waals surface area contributed by atoms with Gasteiger partial charge in [0.05, 0.1) is 7.11 Å². The van der Waals surface area contributed by atoms with Gasteiger partial charge in [0.25, 0.3) is 0 Å². The van der Waals surface area contributed by atoms with E-state index in [0.717, 1.165) is 17.7 Å². The number of benzene rings is 1. The van der Waals surface area contributed by atoms with Crippen molar-refractivity contribution in [2.75, 3.05) is 7.11 Å². The van der Waals surface area contributed by atoms with E-state index in [1.54, 1.807) is 0 Å². The molecule has 1 heterocycles. The van der Waals surface area contributed by atoms with E-state index in [4.69, 9.17) is 4.74 Å². The molecule has 1 aromatic heterocycles. The SMILES string of the molecule is CCn1ccc(-c2cccc(C)c2)c1C(=O)OC. The normalized spacial score (nSPS) is 10.4. The maximum Gasteiger partial charge on any atom is 0.355 e. The number of hydrogen-bond acceptors (Lipinski definition) is 2. The Morgan fingerprint density at radius 1 is 1.33 bits per heavy atom. The fourth-order valence-corrected chi connectivity index (χ4v) is 2.11. The number of esters is 1. The molecule has 0 atom stereocenters. The summed E-state index contributed by atoms with van der Waals surface area (Å²) in [5, 5.41) is 0. The highest BCUT2D eigenvalue weighted by Gasteiger charge is 2.18. The number of aryl methyl sites for hydroxylation is 2. The zero-order valence-corrected chi connectivity index (χ0v) is 10.9. The summed E-state index contributed by atoms with van der Waals surface area (Å²) in [5.41, 5.74) is 3.76. The van der Waals surface area contributed by atoms with Gasteiger partial charge in [0, 0.05) is 18.3 Å². The van der Waals surface area contributed by atoms with Crippen LogP contribution in [0.3, 0.4) is 0 Å². The summed E-state index contributed by atoms with van der Waals surface area (Å²) >= 11 is 0. The lowest BCUT2D eigenvalue weighted by Crippen LogP contribution is -2.10. The van der Waals surface area contributed by atoms with Gasteiger partial charge in [-0.15, -0.1) is 0 Å². The summed E-state index contributed by atoms with van der Waals surface area (Å²) in [4.78, 5) is 11.9. The van der Waals surface area contributed by atoms with E-state index in [9.17, 15) is 4.79 Å². The number of methoxy groups -OCH3 is 1. The molecule has 0 unspecified atom stereocenters. The molecule has 2 aromatic rings. The van der Waals surface area contributed by atoms with Crippen LogP contribution in [0.4, 0.5) is 0 Å². The number of rotatable bonds is 3. The van der Waals surface area contributed by atoms with Crippen LogP contribution < -0.4 is 0 Å². The maximum atomic E-state index is 11.9. The Bertz CT molecular complexity index is 570. The molecular formula is C15H17NO2. The average molecular weight is 243 g/mol. The van der Waals surface area contributed by atoms with Crippen LogP contribution in [-0.4, -0.2) is 17.6 Å². The van der Waals surface area contributed by atoms with Gasteiger partial charge in [0.15, 0.2) is 0 Å². The molecule has 0 radical (unpaired) electrons. The van der Waals surface area contributed by atoms with Crippen LogP contribution in [0.25, 0.3) is 11.1 Å². The Labute approximate surface area is 107 Å². The summed E-state index contributed by atoms with van der Waals surface area (Å²) in [5.74, 6) is -0.293. The molecule has 0 saturated heterocycles. The second kappa shape index (κ2) is 5.08. The number of aromatic nitrogens is 1. The molecule has 1 aromatic carbocycles. The molecule has 94 valence electrons. The highest BCUT2D eigenvalue weighted by molar-refractivity contribution is 5.96. The Balaban J connectivity index is 2.57. The number of carbonyl (C=O) groups excluding carboxylic acids is 1. The molecule has 3 heteroatoms. The van der Waals surface area contributed by atoms with Gasteiger partial charge in [0.1, 0.15) is 5.69 Å². The topological polar surface area (TPSA) is 31.2 Å². The van der Waals surface area contributed by atoms with E-state index < -0.39 is 0 Å². The minimum absolute atomic E-state index is 0.293. The average Bonchev–Trinajstić information content (AvgIpc) is 2.81. The van der Waals surface area contributed by atoms with Gasteiger partial charge in [-0.3, -0.25) is 0 Å². The maximum absolute atomic E-state index is 11.9. The second-order valence-electron chi connectivity index (χ2n) is 4.23. The van der Waals surface area contributed by atoms with Crippen LogP contribution in [0.2, 0.25) is 0 Å². The fraction of sp³-hybridized carbons (Fsp3) is 0.267. The third kappa shape index (κ3) is 2.16. The summed E-state index contributed by atoms with van der Waals surface area (Å²) in [6.07, 6.45) is 1.92. The van der Waals surface area contributed by atoms with Gasteiger partial charge in [-0.25, -0.2) is 4.79 Å². The lowest BCUT2D eigenvalue weighted by Gasteiger charge is -2.08. The Hall–Kier alpha value is -2.03. The van der Waals surface area contributed by atoms with E-state index >= 15 is 0 Å². The molecule has 0 amide bonds. The summed E-state index contributed by atoms with van der Waals surface area (Å²) in [7, 11) is 1.41. The van der Waals surface area contributed by atoms with E-state index in [2.05, 4.69) is 6.07 Å². The Morgan fingerprint density at radius 2 is 2.11 bits per heavy atom. The largest absolute Gasteiger partial charge is 0.464 e. The first kappa shape index (κ1) is 12.4. The van der Waals surface area contributed by atoms with Crippen molar-refractivity contribution in [3.05, 3.63) is 47.8 Å². The predicted molar refractivity (Wildman–Crippen MR) is 71.6 cm³/mol. The Kier molecular flexibility index (Phi) is 3.51. The van der Waals surface area contributed by atoms with Crippen molar-refractivity contribution in [3.63, 3.8) is 0 Å². The minimum Gasteiger partial charge on any atom is -0.464 e. The van der Waals surface area contributed by atoms with Gasteiger partial charge in [-0.2, -0.15) is 0 Å².